The van der Waals surface area contributed by atoms with Crippen molar-refractivity contribution in [2.24, 2.45) is 0 Å². The van der Waals surface area contributed by atoms with Gasteiger partial charge in [-0.1, -0.05) is 49.2 Å². The van der Waals surface area contributed by atoms with Crippen LogP contribution in [0.3, 0.4) is 0 Å². The highest BCUT2D eigenvalue weighted by atomic mass is 16.5. The number of ether oxygens (including phenoxy) is 1. The molecule has 168 valence electrons. The summed E-state index contributed by atoms with van der Waals surface area (Å²) in [6, 6.07) is 13.2. The summed E-state index contributed by atoms with van der Waals surface area (Å²) in [5, 5.41) is 50.7. The van der Waals surface area contributed by atoms with Gasteiger partial charge in [0.2, 0.25) is 0 Å². The Morgan fingerprint density at radius 2 is 1.61 bits per heavy atom. The smallest absolute Gasteiger partial charge is 0.113 e. The van der Waals surface area contributed by atoms with Crippen molar-refractivity contribution in [2.45, 2.75) is 68.2 Å². The van der Waals surface area contributed by atoms with Gasteiger partial charge in [0.15, 0.2) is 0 Å². The first-order valence-electron chi connectivity index (χ1n) is 10.8. The second-order valence-corrected chi connectivity index (χ2v) is 8.82. The summed E-state index contributed by atoms with van der Waals surface area (Å²) in [7, 11) is 0. The molecule has 7 nitrogen and oxygen atoms in total. The van der Waals surface area contributed by atoms with E-state index >= 15 is 0 Å². The van der Waals surface area contributed by atoms with Crippen molar-refractivity contribution >= 4 is 5.69 Å². The molecule has 0 radical (unpaired) electrons. The fourth-order valence-electron chi connectivity index (χ4n) is 4.73. The van der Waals surface area contributed by atoms with E-state index in [0.29, 0.717) is 17.7 Å². The minimum Gasteiger partial charge on any atom is -0.398 e. The van der Waals surface area contributed by atoms with Crippen LogP contribution in [0, 0.1) is 0 Å². The lowest BCUT2D eigenvalue weighted by Crippen LogP contribution is -2.55. The van der Waals surface area contributed by atoms with Crippen LogP contribution in [0.1, 0.15) is 54.0 Å². The Morgan fingerprint density at radius 1 is 0.935 bits per heavy atom. The lowest BCUT2D eigenvalue weighted by Gasteiger charge is -2.40. The first-order valence-corrected chi connectivity index (χ1v) is 10.8. The van der Waals surface area contributed by atoms with Crippen LogP contribution in [0.25, 0.3) is 0 Å². The summed E-state index contributed by atoms with van der Waals surface area (Å²) >= 11 is 0. The van der Waals surface area contributed by atoms with Crippen LogP contribution in [0.5, 0.6) is 0 Å². The highest BCUT2D eigenvalue weighted by Crippen LogP contribution is 2.39. The van der Waals surface area contributed by atoms with E-state index in [4.69, 9.17) is 10.5 Å². The second kappa shape index (κ2) is 8.86. The van der Waals surface area contributed by atoms with E-state index < -0.39 is 42.7 Å². The Labute approximate surface area is 181 Å². The summed E-state index contributed by atoms with van der Waals surface area (Å²) < 4.78 is 5.67. The van der Waals surface area contributed by atoms with Crippen molar-refractivity contribution in [1.82, 2.24) is 0 Å². The maximum absolute atomic E-state index is 10.8. The van der Waals surface area contributed by atoms with E-state index in [2.05, 4.69) is 0 Å². The average Bonchev–Trinajstić information content (AvgIpc) is 3.22. The van der Waals surface area contributed by atoms with E-state index in [1.54, 1.807) is 12.1 Å². The van der Waals surface area contributed by atoms with Crippen LogP contribution in [-0.2, 0) is 16.8 Å². The van der Waals surface area contributed by atoms with Gasteiger partial charge in [0.1, 0.15) is 30.5 Å². The fourth-order valence-corrected chi connectivity index (χ4v) is 4.73. The molecular weight excluding hydrogens is 398 g/mol. The Hall–Kier alpha value is -2.00. The van der Waals surface area contributed by atoms with E-state index in [1.165, 1.54) is 0 Å². The number of aliphatic hydroxyl groups excluding tert-OH is 4. The third-order valence-corrected chi connectivity index (χ3v) is 6.70. The first kappa shape index (κ1) is 22.2. The maximum Gasteiger partial charge on any atom is 0.113 e. The highest BCUT2D eigenvalue weighted by Gasteiger charge is 2.44. The quantitative estimate of drug-likeness (QED) is 0.392. The van der Waals surface area contributed by atoms with Crippen LogP contribution < -0.4 is 5.73 Å². The molecule has 0 bridgehead atoms. The van der Waals surface area contributed by atoms with E-state index in [1.807, 2.05) is 30.3 Å². The molecule has 1 saturated carbocycles. The SMILES string of the molecule is Nc1ccc([C@@H]2O[C@H](CO)[C@@H](O)[C@H](O)[C@H]2O)cc1Cc1ccc(C2(O)CCCC2)cc1. The van der Waals surface area contributed by atoms with Crippen LogP contribution in [0.4, 0.5) is 5.69 Å². The van der Waals surface area contributed by atoms with Gasteiger partial charge in [-0.15, -0.1) is 0 Å². The van der Waals surface area contributed by atoms with Crippen molar-refractivity contribution in [3.63, 3.8) is 0 Å². The van der Waals surface area contributed by atoms with E-state index in [-0.39, 0.29) is 0 Å². The van der Waals surface area contributed by atoms with Crippen LogP contribution in [0.2, 0.25) is 0 Å². The molecule has 0 spiro atoms. The number of hydrogen-bond donors (Lipinski definition) is 6. The molecule has 0 unspecified atom stereocenters. The summed E-state index contributed by atoms with van der Waals surface area (Å²) in [6.07, 6.45) is -1.79. The molecule has 0 aromatic heterocycles. The molecule has 4 rings (SSSR count). The van der Waals surface area contributed by atoms with Crippen molar-refractivity contribution in [3.8, 4) is 0 Å². The third-order valence-electron chi connectivity index (χ3n) is 6.70. The zero-order valence-corrected chi connectivity index (χ0v) is 17.4. The van der Waals surface area contributed by atoms with Crippen molar-refractivity contribution < 1.29 is 30.3 Å². The van der Waals surface area contributed by atoms with Crippen LogP contribution >= 0.6 is 0 Å². The second-order valence-electron chi connectivity index (χ2n) is 8.82. The summed E-state index contributed by atoms with van der Waals surface area (Å²) in [5.74, 6) is 0. The number of benzene rings is 2. The number of aliphatic hydroxyl groups is 5. The van der Waals surface area contributed by atoms with E-state index in [9.17, 15) is 25.5 Å². The van der Waals surface area contributed by atoms with Crippen molar-refractivity contribution in [1.29, 1.82) is 0 Å². The molecule has 1 aliphatic heterocycles. The Bertz CT molecular complexity index is 893. The summed E-state index contributed by atoms with van der Waals surface area (Å²) in [6.45, 7) is -0.470. The number of anilines is 1. The highest BCUT2D eigenvalue weighted by molar-refractivity contribution is 5.51. The number of nitrogens with two attached hydrogens (primary N) is 1. The number of rotatable bonds is 5. The molecular formula is C24H31NO6. The van der Waals surface area contributed by atoms with Crippen molar-refractivity contribution in [3.05, 3.63) is 64.7 Å². The van der Waals surface area contributed by atoms with Crippen molar-refractivity contribution in [2.75, 3.05) is 12.3 Å². The zero-order valence-electron chi connectivity index (χ0n) is 17.4. The lowest BCUT2D eigenvalue weighted by atomic mass is 9.89. The van der Waals surface area contributed by atoms with E-state index in [0.717, 1.165) is 42.4 Å². The lowest BCUT2D eigenvalue weighted by molar-refractivity contribution is -0.231. The summed E-state index contributed by atoms with van der Waals surface area (Å²) in [5.41, 5.74) is 9.47. The molecule has 7 N–H and O–H groups in total. The molecule has 2 fully saturated rings. The van der Waals surface area contributed by atoms with Gasteiger partial charge in [-0.2, -0.15) is 0 Å². The summed E-state index contributed by atoms with van der Waals surface area (Å²) in [4.78, 5) is 0. The Morgan fingerprint density at radius 3 is 2.26 bits per heavy atom. The van der Waals surface area contributed by atoms with Gasteiger partial charge in [0.05, 0.1) is 12.2 Å². The van der Waals surface area contributed by atoms with Gasteiger partial charge in [-0.05, 0) is 47.6 Å². The predicted molar refractivity (Wildman–Crippen MR) is 115 cm³/mol. The monoisotopic (exact) mass is 429 g/mol. The molecule has 1 heterocycles. The fraction of sp³-hybridized carbons (Fsp3) is 0.500. The van der Waals surface area contributed by atoms with Gasteiger partial charge in [0, 0.05) is 5.69 Å². The number of nitrogen functional groups attached to an aromatic ring is 1. The van der Waals surface area contributed by atoms with Crippen LogP contribution in [0.15, 0.2) is 42.5 Å². The van der Waals surface area contributed by atoms with Crippen LogP contribution in [-0.4, -0.2) is 56.6 Å². The van der Waals surface area contributed by atoms with Gasteiger partial charge in [-0.25, -0.2) is 0 Å². The normalized spacial score (nSPS) is 30.4. The zero-order chi connectivity index (χ0) is 22.2. The molecule has 2 aromatic carbocycles. The molecule has 1 saturated heterocycles. The molecule has 5 atom stereocenters. The molecule has 2 aliphatic rings. The van der Waals surface area contributed by atoms with Gasteiger partial charge in [-0.3, -0.25) is 0 Å². The molecule has 1 aliphatic carbocycles. The molecule has 31 heavy (non-hydrogen) atoms. The molecule has 2 aromatic rings. The Kier molecular flexibility index (Phi) is 6.35. The first-order chi connectivity index (χ1) is 14.8. The average molecular weight is 430 g/mol. The third kappa shape index (κ3) is 4.35. The maximum atomic E-state index is 10.8. The predicted octanol–water partition coefficient (Wildman–Crippen LogP) is 1.14. The van der Waals surface area contributed by atoms with Gasteiger partial charge < -0.3 is 36.0 Å². The standard InChI is InChI=1S/C24H31NO6/c25-18-8-5-15(23-22(29)21(28)20(27)19(13-26)31-23)12-16(18)11-14-3-6-17(7-4-14)24(30)9-1-2-10-24/h3-8,12,19-23,26-30H,1-2,9-11,13,25H2/t19-,20-,21+,22-,23+/m1/s1. The minimum absolute atomic E-state index is 0.470. The Balaban J connectivity index is 1.54. The molecule has 0 amide bonds. The van der Waals surface area contributed by atoms with Gasteiger partial charge >= 0.3 is 0 Å². The molecule has 7 heteroatoms. The largest absolute Gasteiger partial charge is 0.398 e. The minimum atomic E-state index is -1.43. The number of hydrogen-bond acceptors (Lipinski definition) is 7. The van der Waals surface area contributed by atoms with Gasteiger partial charge in [0.25, 0.3) is 0 Å². The topological polar surface area (TPSA) is 136 Å².